The van der Waals surface area contributed by atoms with Crippen LogP contribution in [0.25, 0.3) is 0 Å². The minimum absolute atomic E-state index is 0.184. The monoisotopic (exact) mass is 255 g/mol. The summed E-state index contributed by atoms with van der Waals surface area (Å²) < 4.78 is 5.27. The topological polar surface area (TPSA) is 33.5 Å². The van der Waals surface area contributed by atoms with E-state index < -0.39 is 0 Å². The highest BCUT2D eigenvalue weighted by molar-refractivity contribution is 5.94. The molecule has 0 radical (unpaired) electrons. The van der Waals surface area contributed by atoms with E-state index in [2.05, 4.69) is 6.07 Å². The highest BCUT2D eigenvalue weighted by atomic mass is 16.3. The molecular formula is C16H17NO2. The lowest BCUT2D eigenvalue weighted by Gasteiger charge is -2.29. The molecule has 0 atom stereocenters. The van der Waals surface area contributed by atoms with Crippen LogP contribution < -0.4 is 4.90 Å². The highest BCUT2D eigenvalue weighted by Gasteiger charge is 2.21. The zero-order valence-corrected chi connectivity index (χ0v) is 10.8. The average molecular weight is 255 g/mol. The van der Waals surface area contributed by atoms with Gasteiger partial charge in [0.05, 0.1) is 6.26 Å². The van der Waals surface area contributed by atoms with Gasteiger partial charge in [-0.05, 0) is 36.6 Å². The summed E-state index contributed by atoms with van der Waals surface area (Å²) >= 11 is 0. The van der Waals surface area contributed by atoms with E-state index in [1.165, 1.54) is 5.56 Å². The number of rotatable bonds is 3. The molecule has 2 aromatic rings. The van der Waals surface area contributed by atoms with Gasteiger partial charge in [-0.3, -0.25) is 4.79 Å². The van der Waals surface area contributed by atoms with Gasteiger partial charge in [-0.15, -0.1) is 0 Å². The van der Waals surface area contributed by atoms with Gasteiger partial charge in [0.15, 0.2) is 0 Å². The molecule has 1 aromatic carbocycles. The minimum atomic E-state index is 0.184. The summed E-state index contributed by atoms with van der Waals surface area (Å²) in [4.78, 5) is 14.3. The predicted molar refractivity (Wildman–Crippen MR) is 74.1 cm³/mol. The number of para-hydroxylation sites is 1. The first-order valence-corrected chi connectivity index (χ1v) is 6.75. The number of amides is 1. The highest BCUT2D eigenvalue weighted by Crippen LogP contribution is 2.27. The molecule has 3 nitrogen and oxygen atoms in total. The first-order chi connectivity index (χ1) is 9.34. The van der Waals surface area contributed by atoms with Crippen LogP contribution in [0.3, 0.4) is 0 Å². The van der Waals surface area contributed by atoms with Crippen LogP contribution in [0.5, 0.6) is 0 Å². The van der Waals surface area contributed by atoms with Crippen molar-refractivity contribution in [2.24, 2.45) is 0 Å². The van der Waals surface area contributed by atoms with Crippen LogP contribution in [0.4, 0.5) is 5.69 Å². The Bertz CT molecular complexity index is 560. The Kier molecular flexibility index (Phi) is 3.36. The number of hydrogen-bond acceptors (Lipinski definition) is 2. The standard InChI is InChI=1S/C16H17NO2/c18-16(10-9-14-7-4-12-19-14)17-11-3-6-13-5-1-2-8-15(13)17/h1-2,4-5,7-8,12H,3,6,9-11H2. The molecule has 1 aliphatic rings. The molecule has 0 unspecified atom stereocenters. The third-order valence-electron chi connectivity index (χ3n) is 3.58. The second-order valence-electron chi connectivity index (χ2n) is 4.86. The lowest BCUT2D eigenvalue weighted by atomic mass is 10.0. The van der Waals surface area contributed by atoms with Crippen LogP contribution in [0.1, 0.15) is 24.2 Å². The molecule has 0 N–H and O–H groups in total. The van der Waals surface area contributed by atoms with E-state index in [1.807, 2.05) is 35.2 Å². The van der Waals surface area contributed by atoms with Crippen molar-refractivity contribution in [3.63, 3.8) is 0 Å². The maximum Gasteiger partial charge on any atom is 0.227 e. The van der Waals surface area contributed by atoms with Gasteiger partial charge in [-0.1, -0.05) is 18.2 Å². The number of benzene rings is 1. The molecule has 0 saturated carbocycles. The van der Waals surface area contributed by atoms with Gasteiger partial charge >= 0.3 is 0 Å². The molecule has 0 fully saturated rings. The molecule has 0 spiro atoms. The second-order valence-corrected chi connectivity index (χ2v) is 4.86. The summed E-state index contributed by atoms with van der Waals surface area (Å²) in [6.45, 7) is 0.827. The molecule has 2 heterocycles. The van der Waals surface area contributed by atoms with Crippen molar-refractivity contribution in [1.29, 1.82) is 0 Å². The number of fused-ring (bicyclic) bond motifs is 1. The van der Waals surface area contributed by atoms with Crippen LogP contribution >= 0.6 is 0 Å². The number of carbonyl (C=O) groups is 1. The Labute approximate surface area is 112 Å². The van der Waals surface area contributed by atoms with Gasteiger partial charge < -0.3 is 9.32 Å². The molecule has 0 saturated heterocycles. The largest absolute Gasteiger partial charge is 0.469 e. The zero-order valence-electron chi connectivity index (χ0n) is 10.8. The van der Waals surface area contributed by atoms with E-state index in [4.69, 9.17) is 4.42 Å². The van der Waals surface area contributed by atoms with Crippen LogP contribution in [-0.4, -0.2) is 12.5 Å². The van der Waals surface area contributed by atoms with E-state index in [9.17, 15) is 4.79 Å². The number of carbonyl (C=O) groups excluding carboxylic acids is 1. The van der Waals surface area contributed by atoms with Crippen molar-refractivity contribution in [3.8, 4) is 0 Å². The van der Waals surface area contributed by atoms with Crippen LogP contribution in [-0.2, 0) is 17.6 Å². The number of anilines is 1. The lowest BCUT2D eigenvalue weighted by molar-refractivity contribution is -0.118. The smallest absolute Gasteiger partial charge is 0.227 e. The van der Waals surface area contributed by atoms with Gasteiger partial charge in [0, 0.05) is 25.1 Å². The van der Waals surface area contributed by atoms with E-state index in [0.29, 0.717) is 12.8 Å². The molecule has 1 aliphatic heterocycles. The molecule has 1 amide bonds. The van der Waals surface area contributed by atoms with E-state index in [0.717, 1.165) is 30.8 Å². The number of aryl methyl sites for hydroxylation is 2. The molecule has 98 valence electrons. The Morgan fingerprint density at radius 2 is 2.11 bits per heavy atom. The number of furan rings is 1. The van der Waals surface area contributed by atoms with Crippen LogP contribution in [0, 0.1) is 0 Å². The van der Waals surface area contributed by atoms with Gasteiger partial charge in [0.2, 0.25) is 5.91 Å². The Balaban J connectivity index is 1.71. The van der Waals surface area contributed by atoms with Gasteiger partial charge in [-0.2, -0.15) is 0 Å². The minimum Gasteiger partial charge on any atom is -0.469 e. The number of nitrogens with zero attached hydrogens (tertiary/aromatic N) is 1. The van der Waals surface area contributed by atoms with Gasteiger partial charge in [-0.25, -0.2) is 0 Å². The predicted octanol–water partition coefficient (Wildman–Crippen LogP) is 3.19. The summed E-state index contributed by atoms with van der Waals surface area (Å²) in [7, 11) is 0. The van der Waals surface area contributed by atoms with Crippen molar-refractivity contribution in [2.75, 3.05) is 11.4 Å². The normalized spacial score (nSPS) is 14.2. The summed E-state index contributed by atoms with van der Waals surface area (Å²) in [5.74, 6) is 1.06. The van der Waals surface area contributed by atoms with Crippen molar-refractivity contribution >= 4 is 11.6 Å². The molecule has 19 heavy (non-hydrogen) atoms. The molecular weight excluding hydrogens is 238 g/mol. The molecule has 3 heteroatoms. The van der Waals surface area contributed by atoms with E-state index >= 15 is 0 Å². The molecule has 0 bridgehead atoms. The van der Waals surface area contributed by atoms with Crippen molar-refractivity contribution in [3.05, 3.63) is 54.0 Å². The lowest BCUT2D eigenvalue weighted by Crippen LogP contribution is -2.35. The summed E-state index contributed by atoms with van der Waals surface area (Å²) in [6, 6.07) is 12.0. The summed E-state index contributed by atoms with van der Waals surface area (Å²) in [6.07, 6.45) is 4.93. The van der Waals surface area contributed by atoms with Crippen molar-refractivity contribution < 1.29 is 9.21 Å². The summed E-state index contributed by atoms with van der Waals surface area (Å²) in [5.41, 5.74) is 2.36. The quantitative estimate of drug-likeness (QED) is 0.844. The van der Waals surface area contributed by atoms with Crippen molar-refractivity contribution in [2.45, 2.75) is 25.7 Å². The Morgan fingerprint density at radius 3 is 2.95 bits per heavy atom. The Hall–Kier alpha value is -2.03. The molecule has 1 aromatic heterocycles. The first kappa shape index (κ1) is 12.0. The maximum absolute atomic E-state index is 12.3. The number of hydrogen-bond donors (Lipinski definition) is 0. The van der Waals surface area contributed by atoms with Gasteiger partial charge in [0.25, 0.3) is 0 Å². The third-order valence-corrected chi connectivity index (χ3v) is 3.58. The van der Waals surface area contributed by atoms with Crippen LogP contribution in [0.2, 0.25) is 0 Å². The fourth-order valence-corrected chi connectivity index (χ4v) is 2.61. The first-order valence-electron chi connectivity index (χ1n) is 6.75. The second kappa shape index (κ2) is 5.31. The summed E-state index contributed by atoms with van der Waals surface area (Å²) in [5, 5.41) is 0. The average Bonchev–Trinajstić information content (AvgIpc) is 2.97. The Morgan fingerprint density at radius 1 is 1.21 bits per heavy atom. The van der Waals surface area contributed by atoms with Gasteiger partial charge in [0.1, 0.15) is 5.76 Å². The fourth-order valence-electron chi connectivity index (χ4n) is 2.61. The molecule has 3 rings (SSSR count). The van der Waals surface area contributed by atoms with Crippen LogP contribution in [0.15, 0.2) is 47.1 Å². The fraction of sp³-hybridized carbons (Fsp3) is 0.312. The third kappa shape index (κ3) is 2.55. The van der Waals surface area contributed by atoms with E-state index in [-0.39, 0.29) is 5.91 Å². The van der Waals surface area contributed by atoms with Crippen molar-refractivity contribution in [1.82, 2.24) is 0 Å². The van der Waals surface area contributed by atoms with E-state index in [1.54, 1.807) is 6.26 Å². The molecule has 0 aliphatic carbocycles. The SMILES string of the molecule is O=C(CCc1ccco1)N1CCCc2ccccc21. The zero-order chi connectivity index (χ0) is 13.1. The maximum atomic E-state index is 12.3.